The van der Waals surface area contributed by atoms with Gasteiger partial charge in [-0.05, 0) is 48.3 Å². The number of benzene rings is 1. The number of ether oxygens (including phenoxy) is 1. The first-order valence-electron chi connectivity index (χ1n) is 10.0. The fourth-order valence-corrected chi connectivity index (χ4v) is 4.49. The van der Waals surface area contributed by atoms with Crippen LogP contribution in [0.25, 0.3) is 5.57 Å². The van der Waals surface area contributed by atoms with Crippen molar-refractivity contribution in [2.45, 2.75) is 82.0 Å². The molecule has 1 unspecified atom stereocenters. The predicted octanol–water partition coefficient (Wildman–Crippen LogP) is 5.75. The third kappa shape index (κ3) is 3.84. The van der Waals surface area contributed by atoms with Gasteiger partial charge in [0.1, 0.15) is 6.10 Å². The van der Waals surface area contributed by atoms with Gasteiger partial charge in [-0.25, -0.2) is 9.78 Å². The first-order valence-corrected chi connectivity index (χ1v) is 10.0. The molecule has 3 aliphatic rings. The number of hydrogen-bond acceptors (Lipinski definition) is 3. The Morgan fingerprint density at radius 2 is 1.60 bits per heavy atom. The Morgan fingerprint density at radius 3 is 2.20 bits per heavy atom. The molecule has 3 fully saturated rings. The lowest BCUT2D eigenvalue weighted by atomic mass is 9.90. The summed E-state index contributed by atoms with van der Waals surface area (Å²) in [6.07, 6.45) is 12.1. The van der Waals surface area contributed by atoms with Crippen molar-refractivity contribution in [1.82, 2.24) is 0 Å². The van der Waals surface area contributed by atoms with Crippen LogP contribution in [-0.2, 0) is 14.5 Å². The minimum Gasteiger partial charge on any atom is -0.344 e. The highest BCUT2D eigenvalue weighted by atomic mass is 17.2. The van der Waals surface area contributed by atoms with E-state index in [1.807, 2.05) is 0 Å². The maximum Gasteiger partial charge on any atom is 0.201 e. The standard InChI is InChI=1S/C22H30O3/c1-17(21-16-23-22(25-24-21)14-6-7-15-22)18-10-12-20(13-11-18)19-8-4-2-3-5-9-19/h10-13,19,21H,1-9,14-16H2. The largest absolute Gasteiger partial charge is 0.344 e. The van der Waals surface area contributed by atoms with E-state index in [1.165, 1.54) is 44.1 Å². The van der Waals surface area contributed by atoms with Crippen LogP contribution in [0.15, 0.2) is 30.8 Å². The number of hydrogen-bond donors (Lipinski definition) is 0. The predicted molar refractivity (Wildman–Crippen MR) is 99.0 cm³/mol. The van der Waals surface area contributed by atoms with Gasteiger partial charge in [-0.2, -0.15) is 0 Å². The molecule has 1 saturated heterocycles. The smallest absolute Gasteiger partial charge is 0.201 e. The van der Waals surface area contributed by atoms with E-state index in [1.54, 1.807) is 0 Å². The Hall–Kier alpha value is -1.16. The molecule has 1 aliphatic heterocycles. The highest BCUT2D eigenvalue weighted by Crippen LogP contribution is 2.39. The van der Waals surface area contributed by atoms with Crippen LogP contribution in [0.5, 0.6) is 0 Å². The van der Waals surface area contributed by atoms with Gasteiger partial charge in [-0.15, -0.1) is 0 Å². The molecule has 0 aromatic heterocycles. The lowest BCUT2D eigenvalue weighted by Gasteiger charge is -2.36. The van der Waals surface area contributed by atoms with Crippen molar-refractivity contribution >= 4 is 5.57 Å². The normalized spacial score (nSPS) is 27.3. The van der Waals surface area contributed by atoms with Gasteiger partial charge in [0, 0.05) is 12.8 Å². The van der Waals surface area contributed by atoms with E-state index in [2.05, 4.69) is 30.8 Å². The minimum absolute atomic E-state index is 0.213. The summed E-state index contributed by atoms with van der Waals surface area (Å²) in [4.78, 5) is 11.3. The Balaban J connectivity index is 1.37. The molecule has 25 heavy (non-hydrogen) atoms. The van der Waals surface area contributed by atoms with Crippen molar-refractivity contribution in [2.75, 3.05) is 6.61 Å². The van der Waals surface area contributed by atoms with Gasteiger partial charge in [-0.3, -0.25) is 0 Å². The average molecular weight is 342 g/mol. The molecule has 1 aromatic carbocycles. The summed E-state index contributed by atoms with van der Waals surface area (Å²) in [5, 5.41) is 0. The average Bonchev–Trinajstić information content (AvgIpc) is 2.94. The molecular formula is C22H30O3. The van der Waals surface area contributed by atoms with Crippen molar-refractivity contribution in [3.63, 3.8) is 0 Å². The van der Waals surface area contributed by atoms with E-state index < -0.39 is 5.79 Å². The van der Waals surface area contributed by atoms with Crippen LogP contribution in [0, 0.1) is 0 Å². The van der Waals surface area contributed by atoms with Gasteiger partial charge >= 0.3 is 0 Å². The van der Waals surface area contributed by atoms with E-state index in [9.17, 15) is 0 Å². The van der Waals surface area contributed by atoms with Crippen LogP contribution < -0.4 is 0 Å². The maximum absolute atomic E-state index is 6.01. The molecule has 0 bridgehead atoms. The van der Waals surface area contributed by atoms with Crippen LogP contribution >= 0.6 is 0 Å². The molecule has 1 heterocycles. The summed E-state index contributed by atoms with van der Waals surface area (Å²) >= 11 is 0. The van der Waals surface area contributed by atoms with Crippen LogP contribution in [-0.4, -0.2) is 18.5 Å². The lowest BCUT2D eigenvalue weighted by Crippen LogP contribution is -2.43. The summed E-state index contributed by atoms with van der Waals surface area (Å²) < 4.78 is 6.01. The van der Waals surface area contributed by atoms with Crippen molar-refractivity contribution in [3.8, 4) is 0 Å². The second-order valence-electron chi connectivity index (χ2n) is 7.93. The van der Waals surface area contributed by atoms with Gasteiger partial charge in [0.05, 0.1) is 6.61 Å². The first-order chi connectivity index (χ1) is 12.3. The minimum atomic E-state index is -0.486. The fraction of sp³-hybridized carbons (Fsp3) is 0.636. The zero-order valence-electron chi connectivity index (χ0n) is 15.2. The molecule has 0 N–H and O–H groups in total. The molecule has 0 radical (unpaired) electrons. The summed E-state index contributed by atoms with van der Waals surface area (Å²) in [6, 6.07) is 8.93. The quantitative estimate of drug-likeness (QED) is 0.517. The third-order valence-electron chi connectivity index (χ3n) is 6.18. The molecule has 1 atom stereocenters. The fourth-order valence-electron chi connectivity index (χ4n) is 4.49. The molecule has 136 valence electrons. The first kappa shape index (κ1) is 17.3. The molecule has 0 amide bonds. The van der Waals surface area contributed by atoms with E-state index in [0.29, 0.717) is 6.61 Å². The summed E-state index contributed by atoms with van der Waals surface area (Å²) in [5.41, 5.74) is 3.54. The van der Waals surface area contributed by atoms with Crippen LogP contribution in [0.3, 0.4) is 0 Å². The molecular weight excluding hydrogens is 312 g/mol. The van der Waals surface area contributed by atoms with Crippen molar-refractivity contribution in [3.05, 3.63) is 42.0 Å². The zero-order valence-corrected chi connectivity index (χ0v) is 15.2. The van der Waals surface area contributed by atoms with E-state index in [-0.39, 0.29) is 6.10 Å². The molecule has 2 saturated carbocycles. The maximum atomic E-state index is 6.01. The Morgan fingerprint density at radius 1 is 0.920 bits per heavy atom. The second-order valence-corrected chi connectivity index (χ2v) is 7.93. The number of rotatable bonds is 3. The Kier molecular flexibility index (Phi) is 5.25. The molecule has 3 heteroatoms. The molecule has 1 spiro atoms. The molecule has 2 aliphatic carbocycles. The highest BCUT2D eigenvalue weighted by Gasteiger charge is 2.42. The summed E-state index contributed by atoms with van der Waals surface area (Å²) in [5.74, 6) is 0.241. The van der Waals surface area contributed by atoms with Gasteiger partial charge < -0.3 is 4.74 Å². The van der Waals surface area contributed by atoms with Crippen LogP contribution in [0.4, 0.5) is 0 Å². The molecule has 1 aromatic rings. The topological polar surface area (TPSA) is 27.7 Å². The SMILES string of the molecule is C=C(c1ccc(C2CCCCCC2)cc1)C1COC2(CCCC2)OO1. The Labute approximate surface area is 151 Å². The van der Waals surface area contributed by atoms with Crippen molar-refractivity contribution in [1.29, 1.82) is 0 Å². The van der Waals surface area contributed by atoms with Gasteiger partial charge in [0.2, 0.25) is 5.79 Å². The van der Waals surface area contributed by atoms with Gasteiger partial charge in [0.25, 0.3) is 0 Å². The van der Waals surface area contributed by atoms with E-state index in [0.717, 1.165) is 42.7 Å². The lowest BCUT2D eigenvalue weighted by molar-refractivity contribution is -0.475. The van der Waals surface area contributed by atoms with E-state index >= 15 is 0 Å². The molecule has 3 nitrogen and oxygen atoms in total. The third-order valence-corrected chi connectivity index (χ3v) is 6.18. The van der Waals surface area contributed by atoms with Gasteiger partial charge in [0.15, 0.2) is 0 Å². The van der Waals surface area contributed by atoms with Crippen molar-refractivity contribution < 1.29 is 14.5 Å². The molecule has 4 rings (SSSR count). The van der Waals surface area contributed by atoms with Gasteiger partial charge in [-0.1, -0.05) is 56.5 Å². The second kappa shape index (κ2) is 7.61. The zero-order chi connectivity index (χ0) is 17.1. The summed E-state index contributed by atoms with van der Waals surface area (Å²) in [6.45, 7) is 4.77. The monoisotopic (exact) mass is 342 g/mol. The summed E-state index contributed by atoms with van der Waals surface area (Å²) in [7, 11) is 0. The van der Waals surface area contributed by atoms with E-state index in [4.69, 9.17) is 14.5 Å². The van der Waals surface area contributed by atoms with Crippen molar-refractivity contribution in [2.24, 2.45) is 0 Å². The Bertz CT molecular complexity index is 568. The van der Waals surface area contributed by atoms with Crippen LogP contribution in [0.2, 0.25) is 0 Å². The van der Waals surface area contributed by atoms with Crippen LogP contribution in [0.1, 0.15) is 81.3 Å². The highest BCUT2D eigenvalue weighted by molar-refractivity contribution is 5.67.